The van der Waals surface area contributed by atoms with E-state index in [9.17, 15) is 4.79 Å². The van der Waals surface area contributed by atoms with E-state index in [-0.39, 0.29) is 11.7 Å². The van der Waals surface area contributed by atoms with Crippen molar-refractivity contribution in [2.75, 3.05) is 0 Å². The van der Waals surface area contributed by atoms with Crippen molar-refractivity contribution in [1.82, 2.24) is 0 Å². The van der Waals surface area contributed by atoms with E-state index in [0.29, 0.717) is 10.6 Å². The molecule has 1 atom stereocenters. The van der Waals surface area contributed by atoms with Crippen molar-refractivity contribution in [2.24, 2.45) is 11.7 Å². The molecule has 0 fully saturated rings. The van der Waals surface area contributed by atoms with Crippen molar-refractivity contribution in [2.45, 2.75) is 19.9 Å². The van der Waals surface area contributed by atoms with Crippen LogP contribution in [0.5, 0.6) is 0 Å². The third kappa shape index (κ3) is 4.29. The minimum Gasteiger partial charge on any atom is -0.321 e. The largest absolute Gasteiger partial charge is 0.321 e. The summed E-state index contributed by atoms with van der Waals surface area (Å²) in [6, 6.07) is 25.2. The number of nitrogens with two attached hydrogens (primary N) is 1. The topological polar surface area (TPSA) is 43.1 Å². The highest BCUT2D eigenvalue weighted by atomic mass is 35.5. The molecule has 1 radical (unpaired) electrons. The zero-order valence-electron chi connectivity index (χ0n) is 15.5. The normalized spacial score (nSPS) is 12.4. The summed E-state index contributed by atoms with van der Waals surface area (Å²) in [5.41, 5.74) is 9.61. The lowest BCUT2D eigenvalue weighted by Crippen LogP contribution is -2.35. The molecule has 0 amide bonds. The Labute approximate surface area is 166 Å². The number of benzene rings is 3. The van der Waals surface area contributed by atoms with Crippen LogP contribution >= 0.6 is 11.6 Å². The van der Waals surface area contributed by atoms with Crippen molar-refractivity contribution in [3.63, 3.8) is 0 Å². The van der Waals surface area contributed by atoms with E-state index in [4.69, 9.17) is 17.3 Å². The van der Waals surface area contributed by atoms with Crippen molar-refractivity contribution in [3.8, 4) is 0 Å². The number of carbonyl (C=O) groups is 1. The zero-order valence-corrected chi connectivity index (χ0v) is 16.3. The Kier molecular flexibility index (Phi) is 6.10. The lowest BCUT2D eigenvalue weighted by atomic mass is 9.84. The molecule has 3 aromatic carbocycles. The van der Waals surface area contributed by atoms with E-state index in [0.717, 1.165) is 22.6 Å². The van der Waals surface area contributed by atoms with Crippen molar-refractivity contribution >= 4 is 17.4 Å². The molecule has 2 N–H and O–H groups in total. The van der Waals surface area contributed by atoms with Gasteiger partial charge in [0.25, 0.3) is 0 Å². The first kappa shape index (κ1) is 19.3. The molecule has 0 unspecified atom stereocenters. The third-order valence-corrected chi connectivity index (χ3v) is 4.98. The molecular weight excluding hydrogens is 354 g/mol. The van der Waals surface area contributed by atoms with Gasteiger partial charge in [-0.05, 0) is 28.7 Å². The molecule has 0 saturated carbocycles. The third-order valence-electron chi connectivity index (χ3n) is 4.67. The van der Waals surface area contributed by atoms with Crippen molar-refractivity contribution in [1.29, 1.82) is 0 Å². The number of hydrogen-bond donors (Lipinski definition) is 1. The molecule has 0 bridgehead atoms. The van der Waals surface area contributed by atoms with Crippen molar-refractivity contribution in [3.05, 3.63) is 112 Å². The van der Waals surface area contributed by atoms with Gasteiger partial charge < -0.3 is 5.73 Å². The highest BCUT2D eigenvalue weighted by Crippen LogP contribution is 2.35. The number of Topliss-reactive ketones (excluding diaryl/α,β-unsaturated/α-hetero) is 1. The fourth-order valence-corrected chi connectivity index (χ4v) is 3.33. The van der Waals surface area contributed by atoms with Crippen LogP contribution in [0.15, 0.2) is 78.9 Å². The van der Waals surface area contributed by atoms with Gasteiger partial charge in [0.15, 0.2) is 5.78 Å². The average Bonchev–Trinajstić information content (AvgIpc) is 2.70. The summed E-state index contributed by atoms with van der Waals surface area (Å²) < 4.78 is 0. The standard InChI is InChI=1S/C24H23ClNO/c1-16(2)23(26)24(27)19-13-14-20(21(25)15-19)22(17-9-5-3-6-10-17)18-11-7-4-8-12-18/h3-16,23H,26H2,1-2H3/t23-/m0/s1. The zero-order chi connectivity index (χ0) is 19.4. The maximum atomic E-state index is 12.6. The van der Waals surface area contributed by atoms with Crippen LogP contribution in [0.2, 0.25) is 5.02 Å². The van der Waals surface area contributed by atoms with Gasteiger partial charge in [-0.25, -0.2) is 0 Å². The van der Waals surface area contributed by atoms with E-state index >= 15 is 0 Å². The molecule has 0 aliphatic rings. The maximum absolute atomic E-state index is 12.6. The van der Waals surface area contributed by atoms with Gasteiger partial charge in [0.1, 0.15) is 0 Å². The minimum atomic E-state index is -0.529. The second-order valence-electron chi connectivity index (χ2n) is 6.94. The Balaban J connectivity index is 2.05. The summed E-state index contributed by atoms with van der Waals surface area (Å²) in [7, 11) is 0. The predicted octanol–water partition coefficient (Wildman–Crippen LogP) is 5.53. The molecule has 3 heteroatoms. The molecule has 137 valence electrons. The van der Waals surface area contributed by atoms with E-state index < -0.39 is 6.04 Å². The molecule has 27 heavy (non-hydrogen) atoms. The lowest BCUT2D eigenvalue weighted by Gasteiger charge is -2.20. The molecule has 3 aromatic rings. The number of ketones is 1. The van der Waals surface area contributed by atoms with Crippen LogP contribution in [-0.4, -0.2) is 11.8 Å². The quantitative estimate of drug-likeness (QED) is 0.454. The van der Waals surface area contributed by atoms with E-state index in [1.54, 1.807) is 6.07 Å². The monoisotopic (exact) mass is 376 g/mol. The first-order valence-electron chi connectivity index (χ1n) is 9.06. The molecule has 0 aromatic heterocycles. The fraction of sp³-hybridized carbons (Fsp3) is 0.167. The molecule has 0 aliphatic heterocycles. The highest BCUT2D eigenvalue weighted by Gasteiger charge is 2.23. The van der Waals surface area contributed by atoms with Crippen molar-refractivity contribution < 1.29 is 4.79 Å². The predicted molar refractivity (Wildman–Crippen MR) is 112 cm³/mol. The molecule has 0 spiro atoms. The van der Waals surface area contributed by atoms with Crippen LogP contribution in [0.1, 0.15) is 40.9 Å². The number of halogens is 1. The van der Waals surface area contributed by atoms with Gasteiger partial charge in [-0.2, -0.15) is 0 Å². The summed E-state index contributed by atoms with van der Waals surface area (Å²) in [5, 5.41) is 0.541. The van der Waals surface area contributed by atoms with Crippen LogP contribution in [0.25, 0.3) is 0 Å². The van der Waals surface area contributed by atoms with Gasteiger partial charge in [0, 0.05) is 10.6 Å². The van der Waals surface area contributed by atoms with Crippen LogP contribution in [0, 0.1) is 11.8 Å². The number of hydrogen-bond acceptors (Lipinski definition) is 2. The SMILES string of the molecule is CC(C)[C@H](N)C(=O)c1ccc([C](c2ccccc2)c2ccccc2)c(Cl)c1. The molecule has 2 nitrogen and oxygen atoms in total. The Morgan fingerprint density at radius 1 is 0.815 bits per heavy atom. The van der Waals surface area contributed by atoms with E-state index in [1.807, 2.05) is 62.4 Å². The van der Waals surface area contributed by atoms with Gasteiger partial charge >= 0.3 is 0 Å². The van der Waals surface area contributed by atoms with Crippen LogP contribution < -0.4 is 5.73 Å². The first-order valence-corrected chi connectivity index (χ1v) is 9.44. The Hall–Kier alpha value is -2.42. The average molecular weight is 377 g/mol. The molecular formula is C24H23ClNO. The second-order valence-corrected chi connectivity index (χ2v) is 7.34. The van der Waals surface area contributed by atoms with Gasteiger partial charge in [0.2, 0.25) is 0 Å². The molecule has 3 rings (SSSR count). The number of rotatable bonds is 6. The molecule has 0 aliphatic carbocycles. The summed E-state index contributed by atoms with van der Waals surface area (Å²) in [4.78, 5) is 12.6. The fourth-order valence-electron chi connectivity index (χ4n) is 3.05. The number of carbonyl (C=O) groups excluding carboxylic acids is 1. The summed E-state index contributed by atoms with van der Waals surface area (Å²) in [6.45, 7) is 3.88. The van der Waals surface area contributed by atoms with Gasteiger partial charge in [-0.15, -0.1) is 0 Å². The molecule has 0 heterocycles. The highest BCUT2D eigenvalue weighted by molar-refractivity contribution is 6.32. The Morgan fingerprint density at radius 2 is 1.33 bits per heavy atom. The molecule has 0 saturated heterocycles. The Morgan fingerprint density at radius 3 is 1.78 bits per heavy atom. The summed E-state index contributed by atoms with van der Waals surface area (Å²) in [6.07, 6.45) is 0. The van der Waals surface area contributed by atoms with Crippen LogP contribution in [0.3, 0.4) is 0 Å². The summed E-state index contributed by atoms with van der Waals surface area (Å²) in [5.74, 6) is 1.03. The smallest absolute Gasteiger partial charge is 0.179 e. The summed E-state index contributed by atoms with van der Waals surface area (Å²) >= 11 is 6.64. The second kappa shape index (κ2) is 8.51. The van der Waals surface area contributed by atoms with Gasteiger partial charge in [0.05, 0.1) is 12.0 Å². The van der Waals surface area contributed by atoms with Gasteiger partial charge in [-0.1, -0.05) is 98.2 Å². The maximum Gasteiger partial charge on any atom is 0.179 e. The van der Waals surface area contributed by atoms with E-state index in [1.165, 1.54) is 0 Å². The first-order chi connectivity index (χ1) is 13.0. The minimum absolute atomic E-state index is 0.0757. The Bertz CT molecular complexity index is 867. The van der Waals surface area contributed by atoms with Gasteiger partial charge in [-0.3, -0.25) is 4.79 Å². The van der Waals surface area contributed by atoms with Crippen LogP contribution in [0.4, 0.5) is 0 Å². The van der Waals surface area contributed by atoms with Crippen LogP contribution in [-0.2, 0) is 0 Å². The van der Waals surface area contributed by atoms with E-state index in [2.05, 4.69) is 24.3 Å². The lowest BCUT2D eigenvalue weighted by molar-refractivity contribution is 0.0940.